The molecule has 1 heterocycles. The number of carbonyl (C=O) groups excluding carboxylic acids is 1. The van der Waals surface area contributed by atoms with Crippen LogP contribution in [0.3, 0.4) is 0 Å². The number of alkyl halides is 1. The molecule has 3 rings (SSSR count). The van der Waals surface area contributed by atoms with E-state index < -0.39 is 5.38 Å². The van der Waals surface area contributed by atoms with Gasteiger partial charge in [-0.1, -0.05) is 75.4 Å². The molecule has 0 N–H and O–H groups in total. The monoisotopic (exact) mass is 373 g/mol. The summed E-state index contributed by atoms with van der Waals surface area (Å²) in [5, 5.41) is -0.581. The van der Waals surface area contributed by atoms with E-state index in [4.69, 9.17) is 11.6 Å². The van der Waals surface area contributed by atoms with Gasteiger partial charge in [0.1, 0.15) is 10.8 Å². The van der Waals surface area contributed by atoms with Crippen molar-refractivity contribution in [3.8, 4) is 0 Å². The van der Waals surface area contributed by atoms with Crippen LogP contribution in [0.1, 0.15) is 48.2 Å². The Morgan fingerprint density at radius 3 is 2.36 bits per heavy atom. The Morgan fingerprint density at radius 1 is 1.12 bits per heavy atom. The lowest BCUT2D eigenvalue weighted by Gasteiger charge is -2.27. The normalized spacial score (nSPS) is 19.0. The summed E-state index contributed by atoms with van der Waals surface area (Å²) < 4.78 is 0. The van der Waals surface area contributed by atoms with E-state index in [1.165, 1.54) is 11.1 Å². The van der Waals surface area contributed by atoms with Crippen LogP contribution in [-0.2, 0) is 10.2 Å². The van der Waals surface area contributed by atoms with Gasteiger partial charge in [0.05, 0.1) is 0 Å². The van der Waals surface area contributed by atoms with Crippen molar-refractivity contribution >= 4 is 29.3 Å². The van der Waals surface area contributed by atoms with Crippen molar-refractivity contribution in [1.29, 1.82) is 0 Å². The topological polar surface area (TPSA) is 20.3 Å². The highest BCUT2D eigenvalue weighted by molar-refractivity contribution is 7.99. The van der Waals surface area contributed by atoms with Gasteiger partial charge in [-0.3, -0.25) is 4.79 Å². The molecule has 4 heteroatoms. The lowest BCUT2D eigenvalue weighted by molar-refractivity contribution is -0.131. The number of hydrogen-bond acceptors (Lipinski definition) is 2. The van der Waals surface area contributed by atoms with E-state index in [2.05, 4.69) is 45.0 Å². The van der Waals surface area contributed by atoms with Gasteiger partial charge in [0.2, 0.25) is 5.91 Å². The van der Waals surface area contributed by atoms with E-state index in [1.54, 1.807) is 11.8 Å². The molecule has 0 aliphatic carbocycles. The van der Waals surface area contributed by atoms with Crippen LogP contribution in [0.5, 0.6) is 0 Å². The minimum Gasteiger partial charge on any atom is -0.324 e. The first kappa shape index (κ1) is 18.3. The van der Waals surface area contributed by atoms with E-state index in [1.807, 2.05) is 35.2 Å². The second-order valence-corrected chi connectivity index (χ2v) is 9.02. The summed E-state index contributed by atoms with van der Waals surface area (Å²) in [5.74, 6) is 0.929. The molecule has 2 aromatic rings. The van der Waals surface area contributed by atoms with E-state index >= 15 is 0 Å². The van der Waals surface area contributed by atoms with Crippen LogP contribution in [0.4, 0.5) is 0 Å². The molecule has 1 aliphatic heterocycles. The average Bonchev–Trinajstić information content (AvgIpc) is 3.10. The molecule has 2 unspecified atom stereocenters. The third-order valence-electron chi connectivity index (χ3n) is 4.54. The molecule has 2 atom stereocenters. The Hall–Kier alpha value is -1.45. The van der Waals surface area contributed by atoms with Crippen LogP contribution < -0.4 is 0 Å². The number of benzene rings is 2. The first-order valence-electron chi connectivity index (χ1n) is 8.59. The molecular weight excluding hydrogens is 350 g/mol. The molecule has 2 aromatic carbocycles. The SMILES string of the molecule is CC(C)(C)c1ccc(C2SCCN2C(=O)C(Cl)c2ccccc2)cc1. The summed E-state index contributed by atoms with van der Waals surface area (Å²) in [6.07, 6.45) is 0. The van der Waals surface area contributed by atoms with E-state index in [9.17, 15) is 4.79 Å². The fourth-order valence-electron chi connectivity index (χ4n) is 3.03. The largest absolute Gasteiger partial charge is 0.324 e. The Labute approximate surface area is 159 Å². The van der Waals surface area contributed by atoms with Crippen LogP contribution in [-0.4, -0.2) is 23.1 Å². The zero-order valence-corrected chi connectivity index (χ0v) is 16.5. The fraction of sp³-hybridized carbons (Fsp3) is 0.381. The fourth-order valence-corrected chi connectivity index (χ4v) is 4.56. The molecule has 0 aromatic heterocycles. The Kier molecular flexibility index (Phi) is 5.45. The summed E-state index contributed by atoms with van der Waals surface area (Å²) in [7, 11) is 0. The van der Waals surface area contributed by atoms with Gasteiger partial charge in [0.25, 0.3) is 0 Å². The maximum absolute atomic E-state index is 12.9. The molecule has 0 spiro atoms. The van der Waals surface area contributed by atoms with E-state index in [-0.39, 0.29) is 16.7 Å². The highest BCUT2D eigenvalue weighted by Gasteiger charge is 2.34. The quantitative estimate of drug-likeness (QED) is 0.658. The van der Waals surface area contributed by atoms with E-state index in [0.717, 1.165) is 17.9 Å². The first-order chi connectivity index (χ1) is 11.9. The van der Waals surface area contributed by atoms with Gasteiger partial charge in [-0.25, -0.2) is 0 Å². The van der Waals surface area contributed by atoms with Crippen molar-refractivity contribution in [2.24, 2.45) is 0 Å². The molecule has 1 saturated heterocycles. The highest BCUT2D eigenvalue weighted by Crippen LogP contribution is 2.40. The van der Waals surface area contributed by atoms with Crippen molar-refractivity contribution in [2.45, 2.75) is 36.9 Å². The number of carbonyl (C=O) groups is 1. The minimum atomic E-state index is -0.628. The second kappa shape index (κ2) is 7.43. The number of thioether (sulfide) groups is 1. The molecule has 0 bridgehead atoms. The van der Waals surface area contributed by atoms with Gasteiger partial charge in [-0.15, -0.1) is 23.4 Å². The number of hydrogen-bond donors (Lipinski definition) is 0. The third-order valence-corrected chi connectivity index (χ3v) is 6.24. The molecule has 25 heavy (non-hydrogen) atoms. The van der Waals surface area contributed by atoms with Crippen molar-refractivity contribution in [3.63, 3.8) is 0 Å². The molecule has 2 nitrogen and oxygen atoms in total. The van der Waals surface area contributed by atoms with Gasteiger partial charge in [-0.2, -0.15) is 0 Å². The average molecular weight is 374 g/mol. The lowest BCUT2D eigenvalue weighted by atomic mass is 9.86. The van der Waals surface area contributed by atoms with Gasteiger partial charge in [0, 0.05) is 12.3 Å². The predicted octanol–water partition coefficient (Wildman–Crippen LogP) is 5.54. The zero-order chi connectivity index (χ0) is 18.0. The lowest BCUT2D eigenvalue weighted by Crippen LogP contribution is -2.33. The van der Waals surface area contributed by atoms with Crippen molar-refractivity contribution in [2.75, 3.05) is 12.3 Å². The molecule has 0 radical (unpaired) electrons. The molecule has 1 amide bonds. The summed E-state index contributed by atoms with van der Waals surface area (Å²) >= 11 is 8.28. The Bertz CT molecular complexity index is 724. The minimum absolute atomic E-state index is 0.0113. The van der Waals surface area contributed by atoms with Crippen LogP contribution in [0, 0.1) is 0 Å². The smallest absolute Gasteiger partial charge is 0.246 e. The second-order valence-electron chi connectivity index (χ2n) is 7.40. The van der Waals surface area contributed by atoms with Crippen molar-refractivity contribution < 1.29 is 4.79 Å². The third kappa shape index (κ3) is 4.04. The number of amides is 1. The van der Waals surface area contributed by atoms with Crippen LogP contribution in [0.15, 0.2) is 54.6 Å². The first-order valence-corrected chi connectivity index (χ1v) is 10.1. The zero-order valence-electron chi connectivity index (χ0n) is 14.9. The van der Waals surface area contributed by atoms with Crippen LogP contribution >= 0.6 is 23.4 Å². The van der Waals surface area contributed by atoms with Crippen molar-refractivity contribution in [1.82, 2.24) is 4.90 Å². The van der Waals surface area contributed by atoms with Gasteiger partial charge < -0.3 is 4.90 Å². The van der Waals surface area contributed by atoms with Crippen molar-refractivity contribution in [3.05, 3.63) is 71.3 Å². The Balaban J connectivity index is 1.79. The summed E-state index contributed by atoms with van der Waals surface area (Å²) in [4.78, 5) is 14.9. The van der Waals surface area contributed by atoms with Crippen LogP contribution in [0.25, 0.3) is 0 Å². The predicted molar refractivity (Wildman–Crippen MR) is 107 cm³/mol. The van der Waals surface area contributed by atoms with Gasteiger partial charge >= 0.3 is 0 Å². The Morgan fingerprint density at radius 2 is 1.76 bits per heavy atom. The standard InChI is InChI=1S/C21H24ClNOS/c1-21(2,3)17-11-9-16(10-12-17)20-23(13-14-25-20)19(24)18(22)15-7-5-4-6-8-15/h4-12,18,20H,13-14H2,1-3H3. The number of nitrogens with zero attached hydrogens (tertiary/aromatic N) is 1. The molecule has 0 saturated carbocycles. The number of rotatable bonds is 3. The summed E-state index contributed by atoms with van der Waals surface area (Å²) in [6.45, 7) is 7.37. The maximum atomic E-state index is 12.9. The van der Waals surface area contributed by atoms with Gasteiger partial charge in [0.15, 0.2) is 0 Å². The van der Waals surface area contributed by atoms with Crippen LogP contribution in [0.2, 0.25) is 0 Å². The van der Waals surface area contributed by atoms with E-state index in [0.29, 0.717) is 0 Å². The maximum Gasteiger partial charge on any atom is 0.246 e. The number of halogens is 1. The summed E-state index contributed by atoms with van der Waals surface area (Å²) in [5.41, 5.74) is 3.45. The van der Waals surface area contributed by atoms with Gasteiger partial charge in [-0.05, 0) is 22.1 Å². The molecule has 132 valence electrons. The highest BCUT2D eigenvalue weighted by atomic mass is 35.5. The molecule has 1 aliphatic rings. The summed E-state index contributed by atoms with van der Waals surface area (Å²) in [6, 6.07) is 18.2. The molecular formula is C21H24ClNOS. The molecule has 1 fully saturated rings.